The van der Waals surface area contributed by atoms with E-state index in [2.05, 4.69) is 4.98 Å². The molecular formula is C19H15N3O4. The summed E-state index contributed by atoms with van der Waals surface area (Å²) in [4.78, 5) is 29.0. The Kier molecular flexibility index (Phi) is 3.96. The number of likely N-dealkylation sites (tertiary alicyclic amines) is 1. The number of nitrogens with zero attached hydrogens (tertiary/aromatic N) is 3. The molecule has 1 saturated heterocycles. The van der Waals surface area contributed by atoms with Gasteiger partial charge in [0.05, 0.1) is 23.5 Å². The minimum absolute atomic E-state index is 0.0970. The van der Waals surface area contributed by atoms with Crippen LogP contribution in [0.5, 0.6) is 5.88 Å². The number of hydrogen-bond donors (Lipinski definition) is 0. The van der Waals surface area contributed by atoms with E-state index < -0.39 is 4.92 Å². The van der Waals surface area contributed by atoms with Crippen molar-refractivity contribution in [1.82, 2.24) is 9.88 Å². The maximum Gasteiger partial charge on any atom is 0.282 e. The van der Waals surface area contributed by atoms with Crippen LogP contribution in [0.25, 0.3) is 10.9 Å². The van der Waals surface area contributed by atoms with E-state index in [0.29, 0.717) is 19.0 Å². The molecule has 4 rings (SSSR count). The van der Waals surface area contributed by atoms with Gasteiger partial charge in [0.2, 0.25) is 5.88 Å². The average molecular weight is 349 g/mol. The molecule has 7 heteroatoms. The van der Waals surface area contributed by atoms with Crippen LogP contribution in [0.15, 0.2) is 60.7 Å². The van der Waals surface area contributed by atoms with Gasteiger partial charge in [0, 0.05) is 17.5 Å². The largest absolute Gasteiger partial charge is 0.471 e. The molecule has 2 heterocycles. The van der Waals surface area contributed by atoms with Gasteiger partial charge in [-0.15, -0.1) is 0 Å². The van der Waals surface area contributed by atoms with Crippen LogP contribution < -0.4 is 4.74 Å². The van der Waals surface area contributed by atoms with Gasteiger partial charge in [-0.25, -0.2) is 4.98 Å². The molecule has 0 aliphatic carbocycles. The van der Waals surface area contributed by atoms with Gasteiger partial charge in [-0.1, -0.05) is 30.3 Å². The normalized spacial score (nSPS) is 14.1. The highest BCUT2D eigenvalue weighted by atomic mass is 16.6. The zero-order valence-electron chi connectivity index (χ0n) is 13.7. The molecule has 0 radical (unpaired) electrons. The molecular weight excluding hydrogens is 334 g/mol. The Bertz CT molecular complexity index is 999. The molecule has 1 amide bonds. The van der Waals surface area contributed by atoms with Crippen LogP contribution in [0.4, 0.5) is 5.69 Å². The molecule has 1 aliphatic heterocycles. The molecule has 0 bridgehead atoms. The molecule has 1 aromatic heterocycles. The summed E-state index contributed by atoms with van der Waals surface area (Å²) in [6, 6.07) is 17.4. The molecule has 0 unspecified atom stereocenters. The van der Waals surface area contributed by atoms with E-state index in [1.165, 1.54) is 17.0 Å². The molecule has 2 aromatic carbocycles. The van der Waals surface area contributed by atoms with E-state index in [-0.39, 0.29) is 23.3 Å². The molecule has 3 aromatic rings. The van der Waals surface area contributed by atoms with Crippen LogP contribution in [0, 0.1) is 10.1 Å². The molecule has 0 atom stereocenters. The number of carbonyl (C=O) groups is 1. The van der Waals surface area contributed by atoms with Crippen molar-refractivity contribution < 1.29 is 14.5 Å². The molecule has 0 saturated carbocycles. The number of fused-ring (bicyclic) bond motifs is 1. The van der Waals surface area contributed by atoms with Crippen LogP contribution in [0.2, 0.25) is 0 Å². The van der Waals surface area contributed by atoms with Crippen molar-refractivity contribution in [1.29, 1.82) is 0 Å². The van der Waals surface area contributed by atoms with Crippen LogP contribution in [0.3, 0.4) is 0 Å². The molecule has 1 aliphatic rings. The van der Waals surface area contributed by atoms with Gasteiger partial charge < -0.3 is 9.64 Å². The Hall–Kier alpha value is -3.48. The van der Waals surface area contributed by atoms with Crippen LogP contribution in [-0.2, 0) is 0 Å². The number of pyridine rings is 1. The molecule has 26 heavy (non-hydrogen) atoms. The van der Waals surface area contributed by atoms with E-state index >= 15 is 0 Å². The highest BCUT2D eigenvalue weighted by molar-refractivity contribution is 5.98. The highest BCUT2D eigenvalue weighted by Gasteiger charge is 2.35. The summed E-state index contributed by atoms with van der Waals surface area (Å²) >= 11 is 0. The Morgan fingerprint density at radius 3 is 2.62 bits per heavy atom. The van der Waals surface area contributed by atoms with Crippen molar-refractivity contribution in [3.63, 3.8) is 0 Å². The number of aromatic nitrogens is 1. The van der Waals surface area contributed by atoms with Crippen LogP contribution in [-0.4, -0.2) is 39.9 Å². The summed E-state index contributed by atoms with van der Waals surface area (Å²) in [5, 5.41) is 12.1. The average Bonchev–Trinajstić information content (AvgIpc) is 2.63. The number of amides is 1. The van der Waals surface area contributed by atoms with Gasteiger partial charge in [-0.05, 0) is 18.2 Å². The number of carbonyl (C=O) groups excluding carboxylic acids is 1. The fourth-order valence-corrected chi connectivity index (χ4v) is 2.95. The van der Waals surface area contributed by atoms with E-state index in [0.717, 1.165) is 10.9 Å². The van der Waals surface area contributed by atoms with E-state index in [1.54, 1.807) is 18.2 Å². The predicted octanol–water partition coefficient (Wildman–Crippen LogP) is 3.05. The Morgan fingerprint density at radius 2 is 1.81 bits per heavy atom. The zero-order chi connectivity index (χ0) is 18.1. The monoisotopic (exact) mass is 349 g/mol. The maximum atomic E-state index is 12.5. The van der Waals surface area contributed by atoms with Crippen molar-refractivity contribution in [3.8, 4) is 5.88 Å². The lowest BCUT2D eigenvalue weighted by Crippen LogP contribution is -2.56. The predicted molar refractivity (Wildman–Crippen MR) is 95.2 cm³/mol. The summed E-state index contributed by atoms with van der Waals surface area (Å²) in [5.41, 5.74) is 0.759. The first-order valence-electron chi connectivity index (χ1n) is 8.17. The molecule has 7 nitrogen and oxygen atoms in total. The molecule has 1 fully saturated rings. The fourth-order valence-electron chi connectivity index (χ4n) is 2.95. The lowest BCUT2D eigenvalue weighted by molar-refractivity contribution is -0.385. The van der Waals surface area contributed by atoms with Gasteiger partial charge in [0.1, 0.15) is 11.7 Å². The lowest BCUT2D eigenvalue weighted by atomic mass is 10.1. The summed E-state index contributed by atoms with van der Waals surface area (Å²) in [5.74, 6) is 0.148. The van der Waals surface area contributed by atoms with Gasteiger partial charge >= 0.3 is 0 Å². The number of ether oxygens (including phenoxy) is 1. The summed E-state index contributed by atoms with van der Waals surface area (Å²) in [7, 11) is 0. The Labute approximate surface area is 149 Å². The number of nitro groups is 1. The number of nitro benzene ring substituents is 1. The fraction of sp³-hybridized carbons (Fsp3) is 0.158. The van der Waals surface area contributed by atoms with Crippen molar-refractivity contribution in [2.75, 3.05) is 13.1 Å². The smallest absolute Gasteiger partial charge is 0.282 e. The van der Waals surface area contributed by atoms with Crippen LogP contribution >= 0.6 is 0 Å². The van der Waals surface area contributed by atoms with Gasteiger partial charge in [-0.3, -0.25) is 14.9 Å². The maximum absolute atomic E-state index is 12.5. The van der Waals surface area contributed by atoms with Gasteiger partial charge in [-0.2, -0.15) is 0 Å². The summed E-state index contributed by atoms with van der Waals surface area (Å²) < 4.78 is 5.81. The van der Waals surface area contributed by atoms with Gasteiger partial charge in [0.15, 0.2) is 0 Å². The quantitative estimate of drug-likeness (QED) is 0.534. The Balaban J connectivity index is 1.42. The van der Waals surface area contributed by atoms with Crippen molar-refractivity contribution in [2.24, 2.45) is 0 Å². The topological polar surface area (TPSA) is 85.6 Å². The van der Waals surface area contributed by atoms with E-state index in [4.69, 9.17) is 4.74 Å². The lowest BCUT2D eigenvalue weighted by Gasteiger charge is -2.38. The zero-order valence-corrected chi connectivity index (χ0v) is 13.7. The van der Waals surface area contributed by atoms with E-state index in [9.17, 15) is 14.9 Å². The first-order chi connectivity index (χ1) is 12.6. The van der Waals surface area contributed by atoms with Crippen LogP contribution in [0.1, 0.15) is 10.4 Å². The number of hydrogen-bond acceptors (Lipinski definition) is 5. The van der Waals surface area contributed by atoms with Crippen molar-refractivity contribution in [2.45, 2.75) is 6.10 Å². The SMILES string of the molecule is O=C(c1ccccc1[N+](=O)[O-])N1CC(Oc2ccc3ccccc3n2)C1. The van der Waals surface area contributed by atoms with Crippen molar-refractivity contribution >= 4 is 22.5 Å². The molecule has 130 valence electrons. The summed E-state index contributed by atoms with van der Waals surface area (Å²) in [6.45, 7) is 0.749. The first kappa shape index (κ1) is 16.0. The summed E-state index contributed by atoms with van der Waals surface area (Å²) in [6.07, 6.45) is -0.171. The highest BCUT2D eigenvalue weighted by Crippen LogP contribution is 2.24. The number of benzene rings is 2. The number of para-hydroxylation sites is 2. The standard InChI is InChI=1S/C19H15N3O4/c23-19(15-6-2-4-8-17(15)22(24)25)21-11-14(12-21)26-18-10-9-13-5-1-3-7-16(13)20-18/h1-10,14H,11-12H2. The second-order valence-corrected chi connectivity index (χ2v) is 6.07. The minimum Gasteiger partial charge on any atom is -0.471 e. The third kappa shape index (κ3) is 2.95. The Morgan fingerprint density at radius 1 is 1.08 bits per heavy atom. The number of rotatable bonds is 4. The second kappa shape index (κ2) is 6.44. The second-order valence-electron chi connectivity index (χ2n) is 6.07. The third-order valence-corrected chi connectivity index (χ3v) is 4.33. The minimum atomic E-state index is -0.542. The van der Waals surface area contributed by atoms with Crippen molar-refractivity contribution in [3.05, 3.63) is 76.3 Å². The molecule has 0 N–H and O–H groups in total. The molecule has 0 spiro atoms. The first-order valence-corrected chi connectivity index (χ1v) is 8.17. The van der Waals surface area contributed by atoms with E-state index in [1.807, 2.05) is 30.3 Å². The third-order valence-electron chi connectivity index (χ3n) is 4.33. The van der Waals surface area contributed by atoms with Gasteiger partial charge in [0.25, 0.3) is 11.6 Å².